The monoisotopic (exact) mass is 623 g/mol. The van der Waals surface area contributed by atoms with Crippen molar-refractivity contribution < 1.29 is 33.4 Å². The Morgan fingerprint density at radius 3 is 2.13 bits per heavy atom. The highest BCUT2D eigenvalue weighted by atomic mass is 16.5. The summed E-state index contributed by atoms with van der Waals surface area (Å²) < 4.78 is 11.0. The third kappa shape index (κ3) is 10.8. The molecule has 12 nitrogen and oxygen atoms in total. The van der Waals surface area contributed by atoms with E-state index < -0.39 is 60.3 Å². The van der Waals surface area contributed by atoms with Crippen molar-refractivity contribution >= 4 is 29.5 Å². The van der Waals surface area contributed by atoms with Crippen LogP contribution in [-0.4, -0.2) is 85.4 Å². The van der Waals surface area contributed by atoms with Gasteiger partial charge < -0.3 is 35.6 Å². The van der Waals surface area contributed by atoms with Crippen LogP contribution in [0.4, 0.5) is 0 Å². The number of hydrogen-bond acceptors (Lipinski definition) is 7. The number of carbonyl (C=O) groups excluding carboxylic acids is 5. The smallest absolute Gasteiger partial charge is 0.261 e. The molecular weight excluding hydrogens is 578 g/mol. The maximum absolute atomic E-state index is 13.7. The van der Waals surface area contributed by atoms with Crippen LogP contribution in [0.15, 0.2) is 54.6 Å². The number of rotatable bonds is 9. The minimum atomic E-state index is -0.992. The van der Waals surface area contributed by atoms with Gasteiger partial charge in [-0.2, -0.15) is 0 Å². The fourth-order valence-electron chi connectivity index (χ4n) is 4.93. The fourth-order valence-corrected chi connectivity index (χ4v) is 4.93. The van der Waals surface area contributed by atoms with Gasteiger partial charge in [0, 0.05) is 19.0 Å². The first-order valence-corrected chi connectivity index (χ1v) is 15.3. The lowest BCUT2D eigenvalue weighted by atomic mass is 10.0. The lowest BCUT2D eigenvalue weighted by Gasteiger charge is -2.29. The molecule has 4 N–H and O–H groups in total. The van der Waals surface area contributed by atoms with Gasteiger partial charge in [-0.05, 0) is 43.4 Å². The molecule has 0 aliphatic carbocycles. The molecule has 1 fully saturated rings. The number of nitrogens with one attached hydrogen (secondary N) is 4. The van der Waals surface area contributed by atoms with Crippen molar-refractivity contribution in [3.8, 4) is 11.5 Å². The van der Waals surface area contributed by atoms with Gasteiger partial charge in [-0.1, -0.05) is 63.2 Å². The third-order valence-electron chi connectivity index (χ3n) is 7.41. The van der Waals surface area contributed by atoms with E-state index in [1.807, 2.05) is 51.1 Å². The molecular formula is C33H45N5O7. The molecule has 1 aliphatic heterocycles. The zero-order chi connectivity index (χ0) is 32.9. The largest absolute Gasteiger partial charge is 0.493 e. The first-order chi connectivity index (χ1) is 21.5. The lowest BCUT2D eigenvalue weighted by molar-refractivity contribution is -0.139. The quantitative estimate of drug-likeness (QED) is 0.331. The van der Waals surface area contributed by atoms with Crippen molar-refractivity contribution in [1.82, 2.24) is 26.2 Å². The molecule has 0 aromatic heterocycles. The van der Waals surface area contributed by atoms with Crippen LogP contribution < -0.4 is 30.7 Å². The molecule has 12 heteroatoms. The second-order valence-electron chi connectivity index (χ2n) is 11.6. The Morgan fingerprint density at radius 2 is 1.49 bits per heavy atom. The van der Waals surface area contributed by atoms with Gasteiger partial charge in [-0.15, -0.1) is 0 Å². The maximum atomic E-state index is 13.7. The molecule has 0 bridgehead atoms. The van der Waals surface area contributed by atoms with Gasteiger partial charge in [0.2, 0.25) is 23.6 Å². The Bertz CT molecular complexity index is 1320. The Labute approximate surface area is 264 Å². The molecule has 0 unspecified atom stereocenters. The Kier molecular flexibility index (Phi) is 13.2. The first-order valence-electron chi connectivity index (χ1n) is 15.3. The predicted molar refractivity (Wildman–Crippen MR) is 168 cm³/mol. The summed E-state index contributed by atoms with van der Waals surface area (Å²) in [5.74, 6) is -1.73. The topological polar surface area (TPSA) is 155 Å². The Balaban J connectivity index is 1.91. The summed E-state index contributed by atoms with van der Waals surface area (Å²) >= 11 is 0. The summed E-state index contributed by atoms with van der Waals surface area (Å²) in [4.78, 5) is 68.1. The number of benzene rings is 2. The van der Waals surface area contributed by atoms with Gasteiger partial charge >= 0.3 is 0 Å². The number of hydrogen-bond donors (Lipinski definition) is 4. The minimum absolute atomic E-state index is 0.00761. The number of carbonyl (C=O) groups is 5. The van der Waals surface area contributed by atoms with Gasteiger partial charge in [0.15, 0.2) is 18.1 Å². The molecule has 0 saturated carbocycles. The van der Waals surface area contributed by atoms with Crippen molar-refractivity contribution in [3.63, 3.8) is 0 Å². The maximum Gasteiger partial charge on any atom is 0.261 e. The van der Waals surface area contributed by atoms with E-state index in [9.17, 15) is 24.0 Å². The normalized spacial score (nSPS) is 21.9. The molecule has 2 aromatic carbocycles. The summed E-state index contributed by atoms with van der Waals surface area (Å²) in [6, 6.07) is 12.7. The lowest BCUT2D eigenvalue weighted by Crippen LogP contribution is -2.57. The molecule has 45 heavy (non-hydrogen) atoms. The van der Waals surface area contributed by atoms with Crippen molar-refractivity contribution in [3.05, 3.63) is 60.2 Å². The summed E-state index contributed by atoms with van der Waals surface area (Å²) in [6.07, 6.45) is 0.968. The van der Waals surface area contributed by atoms with E-state index in [0.29, 0.717) is 24.3 Å². The number of nitrogens with zero attached hydrogens (tertiary/aromatic N) is 1. The molecule has 0 spiro atoms. The van der Waals surface area contributed by atoms with Crippen LogP contribution in [0.25, 0.3) is 0 Å². The van der Waals surface area contributed by atoms with E-state index in [2.05, 4.69) is 21.3 Å². The molecule has 244 valence electrons. The van der Waals surface area contributed by atoms with E-state index in [1.54, 1.807) is 24.3 Å². The Hall–Kier alpha value is -4.61. The van der Waals surface area contributed by atoms with E-state index in [4.69, 9.17) is 9.47 Å². The van der Waals surface area contributed by atoms with Crippen LogP contribution in [0, 0.1) is 5.92 Å². The summed E-state index contributed by atoms with van der Waals surface area (Å²) in [5.41, 5.74) is 0.835. The van der Waals surface area contributed by atoms with Crippen molar-refractivity contribution in [2.75, 3.05) is 26.8 Å². The summed E-state index contributed by atoms with van der Waals surface area (Å²) in [7, 11) is 1.49. The van der Waals surface area contributed by atoms with Gasteiger partial charge in [0.05, 0.1) is 13.7 Å². The van der Waals surface area contributed by atoms with Gasteiger partial charge in [-0.3, -0.25) is 24.0 Å². The third-order valence-corrected chi connectivity index (χ3v) is 7.41. The van der Waals surface area contributed by atoms with Crippen LogP contribution in [0.5, 0.6) is 11.5 Å². The highest BCUT2D eigenvalue weighted by Crippen LogP contribution is 2.25. The van der Waals surface area contributed by atoms with Crippen LogP contribution in [0.1, 0.15) is 46.1 Å². The molecule has 1 heterocycles. The predicted octanol–water partition coefficient (Wildman–Crippen LogP) is 1.57. The fraction of sp³-hybridized carbons (Fsp3) is 0.485. The zero-order valence-electron chi connectivity index (χ0n) is 26.6. The number of amides is 5. The summed E-state index contributed by atoms with van der Waals surface area (Å²) in [5, 5.41) is 11.2. The highest BCUT2D eigenvalue weighted by Gasteiger charge is 2.32. The number of para-hydroxylation sites is 2. The van der Waals surface area contributed by atoms with Crippen molar-refractivity contribution in [2.45, 2.75) is 71.1 Å². The van der Waals surface area contributed by atoms with E-state index in [0.717, 1.165) is 5.56 Å². The molecule has 4 atom stereocenters. The molecule has 2 aromatic rings. The van der Waals surface area contributed by atoms with Crippen LogP contribution in [0.3, 0.4) is 0 Å². The van der Waals surface area contributed by atoms with Gasteiger partial charge in [0.25, 0.3) is 5.91 Å². The van der Waals surface area contributed by atoms with Crippen LogP contribution in [0.2, 0.25) is 0 Å². The van der Waals surface area contributed by atoms with Gasteiger partial charge in [0.1, 0.15) is 18.1 Å². The molecule has 1 saturated heterocycles. The second-order valence-corrected chi connectivity index (χ2v) is 11.6. The van der Waals surface area contributed by atoms with Crippen molar-refractivity contribution in [2.24, 2.45) is 5.92 Å². The molecule has 3 rings (SSSR count). The number of ether oxygens (including phenoxy) is 2. The van der Waals surface area contributed by atoms with E-state index in [1.165, 1.54) is 18.9 Å². The van der Waals surface area contributed by atoms with Crippen molar-refractivity contribution in [1.29, 1.82) is 0 Å². The van der Waals surface area contributed by atoms with Crippen LogP contribution >= 0.6 is 0 Å². The van der Waals surface area contributed by atoms with E-state index in [-0.39, 0.29) is 25.4 Å². The standard InChI is InChI=1S/C33H45N5O7/c1-6-24-18-38(30(40)20-45-28-15-11-10-14-27(28)44-5)19-29(39)34-22(4)31(41)36-25(16-21(2)3)33(43)37-26(32(42)35-24)17-23-12-8-7-9-13-23/h7-15,21-22,24-26H,6,16-20H2,1-5H3,(H,34,39)(H,35,42)(H,36,41)(H,37,43)/t22-,24+,25+,26+/m1/s1. The first kappa shape index (κ1) is 34.9. The molecule has 5 amide bonds. The molecule has 0 radical (unpaired) electrons. The second kappa shape index (κ2) is 17.0. The summed E-state index contributed by atoms with van der Waals surface area (Å²) in [6.45, 7) is 6.42. The SMILES string of the molecule is CC[C@H]1CN(C(=O)COc2ccccc2OC)CC(=O)N[C@H](C)C(=O)N[C@@H](CC(C)C)C(=O)N[C@@H](Cc2ccccc2)C(=O)N1. The van der Waals surface area contributed by atoms with E-state index >= 15 is 0 Å². The van der Waals surface area contributed by atoms with Crippen LogP contribution in [-0.2, 0) is 30.4 Å². The minimum Gasteiger partial charge on any atom is -0.493 e. The zero-order valence-corrected chi connectivity index (χ0v) is 26.6. The Morgan fingerprint density at radius 1 is 0.867 bits per heavy atom. The van der Waals surface area contributed by atoms with Gasteiger partial charge in [-0.25, -0.2) is 0 Å². The molecule has 1 aliphatic rings. The average Bonchev–Trinajstić information content (AvgIpc) is 3.02. The average molecular weight is 624 g/mol. The highest BCUT2D eigenvalue weighted by molar-refractivity contribution is 5.95. The number of methoxy groups -OCH3 is 1.